The number of nitrogens with two attached hydrogens (primary N) is 1. The Morgan fingerprint density at radius 3 is 2.35 bits per heavy atom. The minimum atomic E-state index is -4.13. The molecular weight excluding hydrogens is 269 g/mol. The monoisotopic (exact) mass is 290 g/mol. The van der Waals surface area contributed by atoms with Gasteiger partial charge in [-0.3, -0.25) is 4.79 Å². The Morgan fingerprint density at radius 1 is 1.25 bits per heavy atom. The molecule has 3 fully saturated rings. The second-order valence-electron chi connectivity index (χ2n) is 6.79. The number of rotatable bonds is 1. The van der Waals surface area contributed by atoms with Crippen LogP contribution in [0, 0.1) is 17.3 Å². The van der Waals surface area contributed by atoms with Crippen LogP contribution in [0.3, 0.4) is 0 Å². The van der Waals surface area contributed by atoms with Gasteiger partial charge >= 0.3 is 6.18 Å². The average Bonchev–Trinajstić information content (AvgIpc) is 2.30. The van der Waals surface area contributed by atoms with Crippen molar-refractivity contribution in [2.75, 3.05) is 13.1 Å². The van der Waals surface area contributed by atoms with Crippen LogP contribution >= 0.6 is 0 Å². The Bertz CT molecular complexity index is 400. The molecule has 3 nitrogen and oxygen atoms in total. The Hall–Kier alpha value is -0.780. The van der Waals surface area contributed by atoms with Gasteiger partial charge in [-0.15, -0.1) is 0 Å². The van der Waals surface area contributed by atoms with Crippen molar-refractivity contribution in [1.82, 2.24) is 4.90 Å². The molecule has 3 rings (SSSR count). The van der Waals surface area contributed by atoms with Gasteiger partial charge in [0.05, 0.1) is 5.92 Å². The van der Waals surface area contributed by atoms with E-state index in [1.807, 2.05) is 0 Å². The van der Waals surface area contributed by atoms with Crippen LogP contribution in [0.25, 0.3) is 0 Å². The number of nitrogens with zero attached hydrogens (tertiary/aromatic N) is 1. The van der Waals surface area contributed by atoms with Gasteiger partial charge in [-0.05, 0) is 37.5 Å². The van der Waals surface area contributed by atoms with E-state index in [4.69, 9.17) is 5.73 Å². The lowest BCUT2D eigenvalue weighted by atomic mass is 9.58. The molecule has 2 aliphatic carbocycles. The molecule has 1 saturated heterocycles. The molecule has 0 bridgehead atoms. The largest absolute Gasteiger partial charge is 0.392 e. The molecule has 2 N–H and O–H groups in total. The van der Waals surface area contributed by atoms with E-state index in [1.54, 1.807) is 4.90 Å². The first-order chi connectivity index (χ1) is 9.32. The Kier molecular flexibility index (Phi) is 3.27. The van der Waals surface area contributed by atoms with Crippen LogP contribution in [0.2, 0.25) is 0 Å². The molecular formula is C14H21F3N2O. The molecule has 3 aliphatic rings. The van der Waals surface area contributed by atoms with Gasteiger partial charge in [0.25, 0.3) is 0 Å². The maximum atomic E-state index is 13.2. The fourth-order valence-corrected chi connectivity index (χ4v) is 4.12. The summed E-state index contributed by atoms with van der Waals surface area (Å²) in [5.74, 6) is -1.25. The van der Waals surface area contributed by atoms with Crippen molar-refractivity contribution in [3.05, 3.63) is 0 Å². The maximum absolute atomic E-state index is 13.2. The second kappa shape index (κ2) is 4.61. The van der Waals surface area contributed by atoms with Gasteiger partial charge in [0, 0.05) is 25.0 Å². The summed E-state index contributed by atoms with van der Waals surface area (Å²) < 4.78 is 39.5. The summed E-state index contributed by atoms with van der Waals surface area (Å²) >= 11 is 0. The summed E-state index contributed by atoms with van der Waals surface area (Å²) in [6, 6.07) is 0.0920. The van der Waals surface area contributed by atoms with Gasteiger partial charge in [-0.2, -0.15) is 13.2 Å². The second-order valence-corrected chi connectivity index (χ2v) is 6.79. The number of hydrogen-bond acceptors (Lipinski definition) is 2. The van der Waals surface area contributed by atoms with Crippen molar-refractivity contribution in [2.24, 2.45) is 23.0 Å². The smallest absolute Gasteiger partial charge is 0.342 e. The fraction of sp³-hybridized carbons (Fsp3) is 0.929. The van der Waals surface area contributed by atoms with Crippen LogP contribution in [0.1, 0.15) is 38.5 Å². The van der Waals surface area contributed by atoms with Gasteiger partial charge in [-0.1, -0.05) is 6.42 Å². The van der Waals surface area contributed by atoms with E-state index >= 15 is 0 Å². The van der Waals surface area contributed by atoms with Gasteiger partial charge in [0.1, 0.15) is 0 Å². The highest BCUT2D eigenvalue weighted by Crippen LogP contribution is 2.56. The number of piperidine rings is 1. The predicted octanol–water partition coefficient (Wildman–Crippen LogP) is 2.30. The van der Waals surface area contributed by atoms with E-state index in [-0.39, 0.29) is 30.8 Å². The van der Waals surface area contributed by atoms with Gasteiger partial charge in [-0.25, -0.2) is 0 Å². The van der Waals surface area contributed by atoms with Crippen LogP contribution in [0.15, 0.2) is 0 Å². The standard InChI is InChI=1S/C14H21F3N2O/c15-14(16,17)11-2-5-19(8-13(11)3-1-4-13)12(20)9-6-10(18)7-9/h9-11H,1-8,18H2. The highest BCUT2D eigenvalue weighted by atomic mass is 19.4. The molecule has 2 saturated carbocycles. The Labute approximate surface area is 116 Å². The number of halogens is 3. The van der Waals surface area contributed by atoms with Crippen LogP contribution in [-0.2, 0) is 4.79 Å². The molecule has 1 aliphatic heterocycles. The van der Waals surface area contributed by atoms with Gasteiger partial charge in [0.15, 0.2) is 0 Å². The molecule has 0 aromatic carbocycles. The minimum absolute atomic E-state index is 0.0265. The first-order valence-corrected chi connectivity index (χ1v) is 7.43. The molecule has 1 amide bonds. The summed E-state index contributed by atoms with van der Waals surface area (Å²) in [5, 5.41) is 0. The summed E-state index contributed by atoms with van der Waals surface area (Å²) in [4.78, 5) is 14.0. The number of carbonyl (C=O) groups excluding carboxylic acids is 1. The van der Waals surface area contributed by atoms with E-state index in [0.717, 1.165) is 6.42 Å². The number of alkyl halides is 3. The van der Waals surface area contributed by atoms with Crippen molar-refractivity contribution in [1.29, 1.82) is 0 Å². The van der Waals surface area contributed by atoms with E-state index < -0.39 is 17.5 Å². The molecule has 1 unspecified atom stereocenters. The number of hydrogen-bond donors (Lipinski definition) is 1. The van der Waals surface area contributed by atoms with E-state index in [1.165, 1.54) is 0 Å². The molecule has 20 heavy (non-hydrogen) atoms. The van der Waals surface area contributed by atoms with Crippen LogP contribution < -0.4 is 5.73 Å². The lowest BCUT2D eigenvalue weighted by Gasteiger charge is -2.54. The Balaban J connectivity index is 1.68. The quantitative estimate of drug-likeness (QED) is 0.805. The maximum Gasteiger partial charge on any atom is 0.392 e. The van der Waals surface area contributed by atoms with Crippen LogP contribution in [0.5, 0.6) is 0 Å². The normalized spacial score (nSPS) is 36.4. The SMILES string of the molecule is NC1CC(C(=O)N2CCC(C(F)(F)F)C3(CCC3)C2)C1. The number of amides is 1. The molecule has 6 heteroatoms. The third-order valence-corrected chi connectivity index (χ3v) is 5.51. The average molecular weight is 290 g/mol. The first kappa shape index (κ1) is 14.2. The molecule has 0 radical (unpaired) electrons. The summed E-state index contributed by atoms with van der Waals surface area (Å²) in [6.45, 7) is 0.540. The van der Waals surface area contributed by atoms with E-state index in [2.05, 4.69) is 0 Å². The lowest BCUT2D eigenvalue weighted by Crippen LogP contribution is -2.59. The zero-order valence-electron chi connectivity index (χ0n) is 11.5. The van der Waals surface area contributed by atoms with Gasteiger partial charge < -0.3 is 10.6 Å². The van der Waals surface area contributed by atoms with Crippen molar-refractivity contribution in [2.45, 2.75) is 50.7 Å². The van der Waals surface area contributed by atoms with E-state index in [0.29, 0.717) is 32.2 Å². The zero-order valence-corrected chi connectivity index (χ0v) is 11.5. The molecule has 0 aromatic rings. The lowest BCUT2D eigenvalue weighted by molar-refractivity contribution is -0.238. The Morgan fingerprint density at radius 2 is 1.90 bits per heavy atom. The van der Waals surface area contributed by atoms with Crippen molar-refractivity contribution in [3.8, 4) is 0 Å². The summed E-state index contributed by atoms with van der Waals surface area (Å²) in [6.07, 6.45) is -0.641. The number of carbonyl (C=O) groups is 1. The molecule has 114 valence electrons. The summed E-state index contributed by atoms with van der Waals surface area (Å²) in [7, 11) is 0. The van der Waals surface area contributed by atoms with Crippen LogP contribution in [-0.4, -0.2) is 36.1 Å². The topological polar surface area (TPSA) is 46.3 Å². The van der Waals surface area contributed by atoms with E-state index in [9.17, 15) is 18.0 Å². The highest BCUT2D eigenvalue weighted by Gasteiger charge is 2.58. The third-order valence-electron chi connectivity index (χ3n) is 5.51. The van der Waals surface area contributed by atoms with Gasteiger partial charge in [0.2, 0.25) is 5.91 Å². The van der Waals surface area contributed by atoms with Crippen molar-refractivity contribution < 1.29 is 18.0 Å². The highest BCUT2D eigenvalue weighted by molar-refractivity contribution is 5.80. The van der Waals surface area contributed by atoms with Crippen LogP contribution in [0.4, 0.5) is 13.2 Å². The predicted molar refractivity (Wildman–Crippen MR) is 67.7 cm³/mol. The fourth-order valence-electron chi connectivity index (χ4n) is 4.12. The number of likely N-dealkylation sites (tertiary alicyclic amines) is 1. The van der Waals surface area contributed by atoms with Crippen molar-refractivity contribution >= 4 is 5.91 Å². The molecule has 1 heterocycles. The van der Waals surface area contributed by atoms with Crippen molar-refractivity contribution in [3.63, 3.8) is 0 Å². The third kappa shape index (κ3) is 2.22. The minimum Gasteiger partial charge on any atom is -0.342 e. The summed E-state index contributed by atoms with van der Waals surface area (Å²) in [5.41, 5.74) is 4.99. The first-order valence-electron chi connectivity index (χ1n) is 7.43. The molecule has 0 aromatic heterocycles. The molecule has 1 atom stereocenters. The molecule has 1 spiro atoms. The zero-order chi connectivity index (χ0) is 14.5.